The van der Waals surface area contributed by atoms with Gasteiger partial charge in [0.1, 0.15) is 5.56 Å². The van der Waals surface area contributed by atoms with Crippen molar-refractivity contribution in [3.8, 4) is 0 Å². The predicted octanol–water partition coefficient (Wildman–Crippen LogP) is 3.87. The van der Waals surface area contributed by atoms with Gasteiger partial charge >= 0.3 is 6.18 Å². The van der Waals surface area contributed by atoms with Crippen molar-refractivity contribution in [2.75, 3.05) is 6.54 Å². The summed E-state index contributed by atoms with van der Waals surface area (Å²) in [6.07, 6.45) is -1.84. The number of fused-ring (bicyclic) bond motifs is 3. The van der Waals surface area contributed by atoms with Crippen LogP contribution < -0.4 is 10.9 Å². The lowest BCUT2D eigenvalue weighted by molar-refractivity contribution is -0.155. The van der Waals surface area contributed by atoms with Gasteiger partial charge in [0.2, 0.25) is 0 Å². The molecule has 2 aliphatic rings. The molecule has 2 fully saturated rings. The van der Waals surface area contributed by atoms with Gasteiger partial charge in [-0.15, -0.1) is 0 Å². The molecular weight excluding hydrogens is 395 g/mol. The molecule has 0 saturated carbocycles. The molecule has 30 heavy (non-hydrogen) atoms. The van der Waals surface area contributed by atoms with Crippen LogP contribution in [0.1, 0.15) is 55.9 Å². The summed E-state index contributed by atoms with van der Waals surface area (Å²) in [6, 6.07) is 8.33. The molecule has 2 saturated heterocycles. The van der Waals surface area contributed by atoms with E-state index < -0.39 is 18.6 Å². The van der Waals surface area contributed by atoms with Crippen molar-refractivity contribution in [3.63, 3.8) is 0 Å². The van der Waals surface area contributed by atoms with Crippen LogP contribution in [-0.2, 0) is 0 Å². The highest BCUT2D eigenvalue weighted by Crippen LogP contribution is 2.37. The summed E-state index contributed by atoms with van der Waals surface area (Å²) in [4.78, 5) is 27.5. The fourth-order valence-corrected chi connectivity index (χ4v) is 5.08. The first-order chi connectivity index (χ1) is 14.1. The molecule has 1 N–H and O–H groups in total. The third-order valence-corrected chi connectivity index (χ3v) is 6.29. The van der Waals surface area contributed by atoms with Crippen LogP contribution in [0.4, 0.5) is 13.2 Å². The Morgan fingerprint density at radius 3 is 2.40 bits per heavy atom. The van der Waals surface area contributed by atoms with Crippen LogP contribution in [0.15, 0.2) is 35.1 Å². The molecule has 3 heterocycles. The van der Waals surface area contributed by atoms with E-state index in [1.165, 1.54) is 4.90 Å². The summed E-state index contributed by atoms with van der Waals surface area (Å²) in [5.74, 6) is -0.450. The van der Waals surface area contributed by atoms with Crippen LogP contribution in [0.2, 0.25) is 0 Å². The summed E-state index contributed by atoms with van der Waals surface area (Å²) in [6.45, 7) is 2.89. The molecule has 2 unspecified atom stereocenters. The van der Waals surface area contributed by atoms with E-state index in [9.17, 15) is 22.8 Å². The van der Waals surface area contributed by atoms with E-state index in [0.717, 1.165) is 10.9 Å². The van der Waals surface area contributed by atoms with Gasteiger partial charge in [0.05, 0.1) is 12.1 Å². The Balaban J connectivity index is 1.55. The lowest BCUT2D eigenvalue weighted by Gasteiger charge is -2.39. The fraction of sp³-hybridized carbons (Fsp3) is 0.545. The maximum atomic E-state index is 13.0. The second kappa shape index (κ2) is 7.72. The first kappa shape index (κ1) is 20.9. The Morgan fingerprint density at radius 2 is 1.80 bits per heavy atom. The molecule has 162 valence electrons. The van der Waals surface area contributed by atoms with E-state index >= 15 is 0 Å². The highest BCUT2D eigenvalue weighted by atomic mass is 19.4. The Bertz CT molecular complexity index is 1000. The Hall–Kier alpha value is -2.35. The molecule has 1 amide bonds. The van der Waals surface area contributed by atoms with Crippen molar-refractivity contribution in [2.45, 2.75) is 69.9 Å². The zero-order valence-electron chi connectivity index (χ0n) is 17.1. The molecule has 4 rings (SSSR count). The largest absolute Gasteiger partial charge is 0.401 e. The van der Waals surface area contributed by atoms with Gasteiger partial charge in [0, 0.05) is 24.2 Å². The number of amides is 1. The lowest BCUT2D eigenvalue weighted by Crippen LogP contribution is -2.53. The van der Waals surface area contributed by atoms with Gasteiger partial charge in [-0.3, -0.25) is 14.5 Å². The van der Waals surface area contributed by atoms with Gasteiger partial charge < -0.3 is 9.88 Å². The van der Waals surface area contributed by atoms with Gasteiger partial charge in [-0.25, -0.2) is 0 Å². The highest BCUT2D eigenvalue weighted by Gasteiger charge is 2.45. The van der Waals surface area contributed by atoms with E-state index in [1.54, 1.807) is 10.6 Å². The minimum absolute atomic E-state index is 0.0764. The zero-order chi connectivity index (χ0) is 21.6. The van der Waals surface area contributed by atoms with Crippen molar-refractivity contribution < 1.29 is 18.0 Å². The number of hydrogen-bond acceptors (Lipinski definition) is 3. The average molecular weight is 421 g/mol. The third-order valence-electron chi connectivity index (χ3n) is 6.29. The van der Waals surface area contributed by atoms with Gasteiger partial charge in [-0.05, 0) is 57.0 Å². The second-order valence-corrected chi connectivity index (χ2v) is 8.70. The minimum Gasteiger partial charge on any atom is -0.349 e. The average Bonchev–Trinajstić information content (AvgIpc) is 2.87. The van der Waals surface area contributed by atoms with Gasteiger partial charge in [-0.1, -0.05) is 18.2 Å². The minimum atomic E-state index is -4.22. The van der Waals surface area contributed by atoms with E-state index in [1.807, 2.05) is 38.1 Å². The molecule has 2 bridgehead atoms. The summed E-state index contributed by atoms with van der Waals surface area (Å²) < 4.78 is 40.2. The van der Waals surface area contributed by atoms with E-state index in [0.29, 0.717) is 25.7 Å². The molecule has 1 aromatic carbocycles. The monoisotopic (exact) mass is 421 g/mol. The number of nitrogens with one attached hydrogen (secondary N) is 1. The number of alkyl halides is 3. The number of rotatable bonds is 4. The van der Waals surface area contributed by atoms with Crippen LogP contribution in [0.25, 0.3) is 10.9 Å². The van der Waals surface area contributed by atoms with Gasteiger partial charge in [0.25, 0.3) is 11.5 Å². The summed E-state index contributed by atoms with van der Waals surface area (Å²) in [5, 5.41) is 3.73. The van der Waals surface area contributed by atoms with Crippen LogP contribution >= 0.6 is 0 Å². The van der Waals surface area contributed by atoms with Crippen LogP contribution in [-0.4, -0.2) is 46.2 Å². The number of halogens is 3. The van der Waals surface area contributed by atoms with Crippen LogP contribution in [0.3, 0.4) is 0 Å². The third kappa shape index (κ3) is 3.97. The quantitative estimate of drug-likeness (QED) is 0.816. The van der Waals surface area contributed by atoms with Gasteiger partial charge in [-0.2, -0.15) is 13.2 Å². The zero-order valence-corrected chi connectivity index (χ0v) is 17.1. The maximum Gasteiger partial charge on any atom is 0.401 e. The Kier molecular flexibility index (Phi) is 5.38. The number of hydrogen-bond donors (Lipinski definition) is 1. The number of benzene rings is 1. The molecule has 8 heteroatoms. The second-order valence-electron chi connectivity index (χ2n) is 8.70. The molecule has 5 nitrogen and oxygen atoms in total. The van der Waals surface area contributed by atoms with Crippen LogP contribution in [0.5, 0.6) is 0 Å². The molecule has 2 aliphatic heterocycles. The number of pyridine rings is 1. The van der Waals surface area contributed by atoms with Gasteiger partial charge in [0.15, 0.2) is 0 Å². The topological polar surface area (TPSA) is 54.3 Å². The maximum absolute atomic E-state index is 13.0. The first-order valence-corrected chi connectivity index (χ1v) is 10.4. The molecule has 0 radical (unpaired) electrons. The number of carbonyl (C=O) groups excluding carboxylic acids is 1. The van der Waals surface area contributed by atoms with Crippen molar-refractivity contribution in [1.82, 2.24) is 14.8 Å². The number of nitrogens with zero attached hydrogens (tertiary/aromatic N) is 2. The molecule has 2 aromatic rings. The summed E-state index contributed by atoms with van der Waals surface area (Å²) >= 11 is 0. The van der Waals surface area contributed by atoms with Crippen molar-refractivity contribution in [3.05, 3.63) is 46.2 Å². The standard InChI is InChI=1S/C22H26F3N3O2/c1-13(2)28-19-6-4-3-5-14(19)9-18(21(28)30)20(29)26-15-10-16-7-8-17(11-15)27(16)12-22(23,24)25/h3-6,9,13,15-17H,7-8,10-12H2,1-2H3,(H,26,29). The van der Waals surface area contributed by atoms with Crippen LogP contribution in [0, 0.1) is 0 Å². The Labute approximate surface area is 172 Å². The van der Waals surface area contributed by atoms with Crippen molar-refractivity contribution >= 4 is 16.8 Å². The predicted molar refractivity (Wildman–Crippen MR) is 109 cm³/mol. The molecule has 2 atom stereocenters. The SMILES string of the molecule is CC(C)n1c(=O)c(C(=O)NC2CC3CCC(C2)N3CC(F)(F)F)cc2ccccc21. The summed E-state index contributed by atoms with van der Waals surface area (Å²) in [5.41, 5.74) is 0.499. The Morgan fingerprint density at radius 1 is 1.17 bits per heavy atom. The number of para-hydroxylation sites is 1. The first-order valence-electron chi connectivity index (χ1n) is 10.4. The normalized spacial score (nSPS) is 24.5. The smallest absolute Gasteiger partial charge is 0.349 e. The molecular formula is C22H26F3N3O2. The molecule has 1 aromatic heterocycles. The van der Waals surface area contributed by atoms with E-state index in [2.05, 4.69) is 5.32 Å². The molecule has 0 spiro atoms. The summed E-state index contributed by atoms with van der Waals surface area (Å²) in [7, 11) is 0. The van der Waals surface area contributed by atoms with E-state index in [-0.39, 0.29) is 35.3 Å². The lowest BCUT2D eigenvalue weighted by atomic mass is 9.96. The van der Waals surface area contributed by atoms with Crippen molar-refractivity contribution in [1.29, 1.82) is 0 Å². The number of piperidine rings is 1. The number of aromatic nitrogens is 1. The highest BCUT2D eigenvalue weighted by molar-refractivity contribution is 5.97. The fourth-order valence-electron chi connectivity index (χ4n) is 5.08. The number of carbonyl (C=O) groups is 1. The molecule has 0 aliphatic carbocycles. The van der Waals surface area contributed by atoms with E-state index in [4.69, 9.17) is 0 Å². The van der Waals surface area contributed by atoms with Crippen molar-refractivity contribution in [2.24, 2.45) is 0 Å².